The number of nitrogens with one attached hydrogen (secondary N) is 1. The van der Waals surface area contributed by atoms with E-state index >= 15 is 0 Å². The van der Waals surface area contributed by atoms with Gasteiger partial charge in [0.05, 0.1) is 11.5 Å². The Labute approximate surface area is 126 Å². The largest absolute Gasteiger partial charge is 0.481 e. The molecule has 0 spiro atoms. The molecule has 110 valence electrons. The van der Waals surface area contributed by atoms with Gasteiger partial charge in [-0.2, -0.15) is 0 Å². The van der Waals surface area contributed by atoms with Crippen molar-refractivity contribution >= 4 is 27.8 Å². The predicted molar refractivity (Wildman–Crippen MR) is 79.5 cm³/mol. The minimum Gasteiger partial charge on any atom is -0.481 e. The molecule has 1 amide bonds. The Morgan fingerprint density at radius 1 is 1.40 bits per heavy atom. The maximum Gasteiger partial charge on any atom is 0.306 e. The van der Waals surface area contributed by atoms with Gasteiger partial charge in [-0.1, -0.05) is 13.3 Å². The molecule has 2 unspecified atom stereocenters. The summed E-state index contributed by atoms with van der Waals surface area (Å²) < 4.78 is 0.518. The molecule has 5 nitrogen and oxygen atoms in total. The summed E-state index contributed by atoms with van der Waals surface area (Å²) >= 11 is 3.24. The highest BCUT2D eigenvalue weighted by Crippen LogP contribution is 2.14. The highest BCUT2D eigenvalue weighted by Gasteiger charge is 2.14. The zero-order valence-corrected chi connectivity index (χ0v) is 13.2. The maximum atomic E-state index is 12.0. The number of carboxylic acid groups (broad SMARTS) is 1. The summed E-state index contributed by atoms with van der Waals surface area (Å²) in [7, 11) is 0. The SMILES string of the molecule is CC(CCCC(C)C(=O)O)NC(=O)c1cccnc1Br. The van der Waals surface area contributed by atoms with Gasteiger partial charge in [-0.15, -0.1) is 0 Å². The third-order valence-corrected chi connectivity index (χ3v) is 3.71. The van der Waals surface area contributed by atoms with E-state index in [1.165, 1.54) is 0 Å². The van der Waals surface area contributed by atoms with Crippen molar-refractivity contribution in [2.75, 3.05) is 0 Å². The molecule has 20 heavy (non-hydrogen) atoms. The number of aromatic nitrogens is 1. The lowest BCUT2D eigenvalue weighted by molar-refractivity contribution is -0.141. The van der Waals surface area contributed by atoms with Gasteiger partial charge in [-0.3, -0.25) is 9.59 Å². The molecule has 1 heterocycles. The second-order valence-electron chi connectivity index (χ2n) is 4.89. The van der Waals surface area contributed by atoms with E-state index in [4.69, 9.17) is 5.11 Å². The maximum absolute atomic E-state index is 12.0. The Bertz CT molecular complexity index is 479. The van der Waals surface area contributed by atoms with Gasteiger partial charge >= 0.3 is 5.97 Å². The lowest BCUT2D eigenvalue weighted by Gasteiger charge is -2.15. The van der Waals surface area contributed by atoms with E-state index in [-0.39, 0.29) is 17.9 Å². The van der Waals surface area contributed by atoms with Gasteiger partial charge in [0.1, 0.15) is 4.60 Å². The first-order chi connectivity index (χ1) is 9.41. The number of halogens is 1. The van der Waals surface area contributed by atoms with Crippen LogP contribution in [0.15, 0.2) is 22.9 Å². The molecule has 0 fully saturated rings. The van der Waals surface area contributed by atoms with Gasteiger partial charge in [0.15, 0.2) is 0 Å². The van der Waals surface area contributed by atoms with Crippen LogP contribution in [0.1, 0.15) is 43.5 Å². The van der Waals surface area contributed by atoms with Gasteiger partial charge in [-0.25, -0.2) is 4.98 Å². The molecule has 0 bridgehead atoms. The zero-order valence-electron chi connectivity index (χ0n) is 11.6. The summed E-state index contributed by atoms with van der Waals surface area (Å²) in [5.41, 5.74) is 0.498. The molecule has 2 N–H and O–H groups in total. The number of aliphatic carboxylic acids is 1. The molecule has 1 rings (SSSR count). The molecule has 6 heteroatoms. The molecule has 0 radical (unpaired) electrons. The summed E-state index contributed by atoms with van der Waals surface area (Å²) in [6, 6.07) is 3.40. The molecular weight excluding hydrogens is 324 g/mol. The van der Waals surface area contributed by atoms with E-state index in [2.05, 4.69) is 26.2 Å². The number of rotatable bonds is 7. The molecular formula is C14H19BrN2O3. The standard InChI is InChI=1S/C14H19BrN2O3/c1-9(14(19)20)5-3-6-10(2)17-13(18)11-7-4-8-16-12(11)15/h4,7-10H,3,5-6H2,1-2H3,(H,17,18)(H,19,20). The summed E-state index contributed by atoms with van der Waals surface area (Å²) in [4.78, 5) is 26.7. The molecule has 0 aliphatic carbocycles. The second kappa shape index (κ2) is 7.99. The van der Waals surface area contributed by atoms with Crippen LogP contribution in [0.4, 0.5) is 0 Å². The molecule has 0 aromatic carbocycles. The third kappa shape index (κ3) is 5.28. The van der Waals surface area contributed by atoms with Crippen LogP contribution in [0.2, 0.25) is 0 Å². The Balaban J connectivity index is 2.39. The van der Waals surface area contributed by atoms with Gasteiger partial charge in [0.25, 0.3) is 5.91 Å². The molecule has 0 aliphatic rings. The number of hydrogen-bond donors (Lipinski definition) is 2. The van der Waals surface area contributed by atoms with Gasteiger partial charge in [0, 0.05) is 12.2 Å². The summed E-state index contributed by atoms with van der Waals surface area (Å²) in [6.45, 7) is 3.60. The van der Waals surface area contributed by atoms with Crippen molar-refractivity contribution in [1.29, 1.82) is 0 Å². The number of hydrogen-bond acceptors (Lipinski definition) is 3. The van der Waals surface area contributed by atoms with Crippen LogP contribution in [-0.2, 0) is 4.79 Å². The predicted octanol–water partition coefficient (Wildman–Crippen LogP) is 2.85. The van der Waals surface area contributed by atoms with Gasteiger partial charge in [-0.05, 0) is 47.8 Å². The van der Waals surface area contributed by atoms with Crippen LogP contribution in [-0.4, -0.2) is 28.0 Å². The summed E-state index contributed by atoms with van der Waals surface area (Å²) in [5.74, 6) is -1.30. The summed E-state index contributed by atoms with van der Waals surface area (Å²) in [6.07, 6.45) is 3.74. The van der Waals surface area contributed by atoms with Crippen LogP contribution in [0.3, 0.4) is 0 Å². The minimum atomic E-state index is -0.777. The molecule has 0 saturated heterocycles. The minimum absolute atomic E-state index is 0.00407. The summed E-state index contributed by atoms with van der Waals surface area (Å²) in [5, 5.41) is 11.7. The number of amides is 1. The van der Waals surface area contributed by atoms with Crippen molar-refractivity contribution in [2.24, 2.45) is 5.92 Å². The van der Waals surface area contributed by atoms with Gasteiger partial charge in [0.2, 0.25) is 0 Å². The normalized spacial score (nSPS) is 13.6. The number of carboxylic acids is 1. The Morgan fingerprint density at radius 3 is 2.70 bits per heavy atom. The topological polar surface area (TPSA) is 79.3 Å². The highest BCUT2D eigenvalue weighted by molar-refractivity contribution is 9.10. The van der Waals surface area contributed by atoms with E-state index in [0.717, 1.165) is 12.8 Å². The van der Waals surface area contributed by atoms with Crippen molar-refractivity contribution in [3.63, 3.8) is 0 Å². The van der Waals surface area contributed by atoms with E-state index in [1.54, 1.807) is 25.3 Å². The Morgan fingerprint density at radius 2 is 2.10 bits per heavy atom. The van der Waals surface area contributed by atoms with Crippen molar-refractivity contribution in [3.05, 3.63) is 28.5 Å². The molecule has 1 aromatic heterocycles. The fourth-order valence-corrected chi connectivity index (χ4v) is 2.21. The van der Waals surface area contributed by atoms with E-state index in [0.29, 0.717) is 16.6 Å². The fourth-order valence-electron chi connectivity index (χ4n) is 1.78. The molecule has 1 aromatic rings. The average Bonchev–Trinajstić information content (AvgIpc) is 2.38. The van der Waals surface area contributed by atoms with Crippen LogP contribution in [0.5, 0.6) is 0 Å². The number of nitrogens with zero attached hydrogens (tertiary/aromatic N) is 1. The van der Waals surface area contributed by atoms with Crippen molar-refractivity contribution < 1.29 is 14.7 Å². The monoisotopic (exact) mass is 342 g/mol. The van der Waals surface area contributed by atoms with Crippen molar-refractivity contribution in [2.45, 2.75) is 39.2 Å². The smallest absolute Gasteiger partial charge is 0.306 e. The van der Waals surface area contributed by atoms with Crippen molar-refractivity contribution in [3.8, 4) is 0 Å². The first kappa shape index (κ1) is 16.6. The van der Waals surface area contributed by atoms with Crippen LogP contribution < -0.4 is 5.32 Å². The van der Waals surface area contributed by atoms with Crippen LogP contribution >= 0.6 is 15.9 Å². The second-order valence-corrected chi connectivity index (χ2v) is 5.64. The quantitative estimate of drug-likeness (QED) is 0.746. The van der Waals surface area contributed by atoms with Crippen LogP contribution in [0, 0.1) is 5.92 Å². The van der Waals surface area contributed by atoms with E-state index < -0.39 is 5.97 Å². The third-order valence-electron chi connectivity index (χ3n) is 3.08. The Hall–Kier alpha value is -1.43. The lowest BCUT2D eigenvalue weighted by Crippen LogP contribution is -2.33. The lowest BCUT2D eigenvalue weighted by atomic mass is 10.0. The van der Waals surface area contributed by atoms with Gasteiger partial charge < -0.3 is 10.4 Å². The first-order valence-corrected chi connectivity index (χ1v) is 7.35. The highest BCUT2D eigenvalue weighted by atomic mass is 79.9. The average molecular weight is 343 g/mol. The molecule has 0 aliphatic heterocycles. The molecule has 2 atom stereocenters. The molecule has 0 saturated carbocycles. The van der Waals surface area contributed by atoms with Crippen LogP contribution in [0.25, 0.3) is 0 Å². The van der Waals surface area contributed by atoms with E-state index in [1.807, 2.05) is 6.92 Å². The van der Waals surface area contributed by atoms with E-state index in [9.17, 15) is 9.59 Å². The van der Waals surface area contributed by atoms with Crippen molar-refractivity contribution in [1.82, 2.24) is 10.3 Å². The number of pyridine rings is 1. The number of carbonyl (C=O) groups excluding carboxylic acids is 1. The fraction of sp³-hybridized carbons (Fsp3) is 0.500. The number of carbonyl (C=O) groups is 2. The first-order valence-electron chi connectivity index (χ1n) is 6.56. The Kier molecular flexibility index (Phi) is 6.64. The zero-order chi connectivity index (χ0) is 15.1.